The summed E-state index contributed by atoms with van der Waals surface area (Å²) in [6.07, 6.45) is 5.05. The number of nitrogens with one attached hydrogen (secondary N) is 1. The second-order valence-corrected chi connectivity index (χ2v) is 5.93. The van der Waals surface area contributed by atoms with Crippen LogP contribution in [0.1, 0.15) is 36.2 Å². The number of carbonyl (C=O) groups excluding carboxylic acids is 1. The van der Waals surface area contributed by atoms with Gasteiger partial charge in [0.15, 0.2) is 5.76 Å². The molecule has 1 aromatic carbocycles. The Labute approximate surface area is 130 Å². The standard InChI is InChI=1S/C18H21NO3/c20-15-8-4-5-13(11-15)12-19-18(21)17-16(9-10-22-17)14-6-2-1-3-7-14/h1-3,6-7,9-10,13,15,20H,4-5,8,11-12H2,(H,19,21). The molecule has 0 saturated heterocycles. The van der Waals surface area contributed by atoms with E-state index in [1.807, 2.05) is 36.4 Å². The Bertz CT molecular complexity index is 620. The van der Waals surface area contributed by atoms with Crippen molar-refractivity contribution in [2.75, 3.05) is 6.54 Å². The zero-order valence-electron chi connectivity index (χ0n) is 12.5. The van der Waals surface area contributed by atoms with Crippen LogP contribution in [0, 0.1) is 5.92 Å². The average Bonchev–Trinajstić information content (AvgIpc) is 3.03. The molecule has 1 heterocycles. The average molecular weight is 299 g/mol. The van der Waals surface area contributed by atoms with E-state index in [9.17, 15) is 9.90 Å². The topological polar surface area (TPSA) is 62.5 Å². The number of aliphatic hydroxyl groups is 1. The van der Waals surface area contributed by atoms with Gasteiger partial charge in [0.1, 0.15) is 0 Å². The van der Waals surface area contributed by atoms with Gasteiger partial charge in [-0.2, -0.15) is 0 Å². The Hall–Kier alpha value is -2.07. The van der Waals surface area contributed by atoms with Crippen molar-refractivity contribution in [1.82, 2.24) is 5.32 Å². The highest BCUT2D eigenvalue weighted by Crippen LogP contribution is 2.26. The highest BCUT2D eigenvalue weighted by molar-refractivity contribution is 5.98. The van der Waals surface area contributed by atoms with Gasteiger partial charge >= 0.3 is 0 Å². The first-order valence-corrected chi connectivity index (χ1v) is 7.83. The van der Waals surface area contributed by atoms with E-state index in [1.165, 1.54) is 0 Å². The summed E-state index contributed by atoms with van der Waals surface area (Å²) in [7, 11) is 0. The Morgan fingerprint density at radius 3 is 2.82 bits per heavy atom. The molecule has 1 aliphatic carbocycles. The number of amides is 1. The summed E-state index contributed by atoms with van der Waals surface area (Å²) >= 11 is 0. The number of benzene rings is 1. The number of hydrogen-bond acceptors (Lipinski definition) is 3. The number of carbonyl (C=O) groups is 1. The smallest absolute Gasteiger partial charge is 0.287 e. The molecule has 1 amide bonds. The zero-order valence-corrected chi connectivity index (χ0v) is 12.5. The fraction of sp³-hybridized carbons (Fsp3) is 0.389. The minimum Gasteiger partial charge on any atom is -0.459 e. The normalized spacial score (nSPS) is 21.5. The molecule has 3 rings (SSSR count). The quantitative estimate of drug-likeness (QED) is 0.911. The first kappa shape index (κ1) is 14.9. The molecule has 0 spiro atoms. The van der Waals surface area contributed by atoms with E-state index in [4.69, 9.17) is 4.42 Å². The van der Waals surface area contributed by atoms with Crippen molar-refractivity contribution in [2.45, 2.75) is 31.8 Å². The van der Waals surface area contributed by atoms with Crippen molar-refractivity contribution in [3.05, 3.63) is 48.4 Å². The SMILES string of the molecule is O=C(NCC1CCCC(O)C1)c1occc1-c1ccccc1. The lowest BCUT2D eigenvalue weighted by Gasteiger charge is -2.25. The lowest BCUT2D eigenvalue weighted by Crippen LogP contribution is -2.33. The molecule has 1 aromatic heterocycles. The van der Waals surface area contributed by atoms with Crippen LogP contribution in [0.3, 0.4) is 0 Å². The summed E-state index contributed by atoms with van der Waals surface area (Å²) in [6.45, 7) is 0.588. The van der Waals surface area contributed by atoms with Crippen molar-refractivity contribution >= 4 is 5.91 Å². The largest absolute Gasteiger partial charge is 0.459 e. The van der Waals surface area contributed by atoms with Crippen LogP contribution in [0.4, 0.5) is 0 Å². The van der Waals surface area contributed by atoms with Gasteiger partial charge in [-0.3, -0.25) is 4.79 Å². The second kappa shape index (κ2) is 6.79. The molecule has 0 aliphatic heterocycles. The van der Waals surface area contributed by atoms with Crippen molar-refractivity contribution < 1.29 is 14.3 Å². The fourth-order valence-electron chi connectivity index (χ4n) is 3.10. The third-order valence-electron chi connectivity index (χ3n) is 4.26. The van der Waals surface area contributed by atoms with Crippen LogP contribution in [-0.4, -0.2) is 23.7 Å². The molecule has 22 heavy (non-hydrogen) atoms. The van der Waals surface area contributed by atoms with Crippen molar-refractivity contribution in [3.8, 4) is 11.1 Å². The molecule has 2 unspecified atom stereocenters. The van der Waals surface area contributed by atoms with E-state index >= 15 is 0 Å². The first-order valence-electron chi connectivity index (χ1n) is 7.83. The monoisotopic (exact) mass is 299 g/mol. The number of furan rings is 1. The summed E-state index contributed by atoms with van der Waals surface area (Å²) in [5.41, 5.74) is 1.77. The van der Waals surface area contributed by atoms with Gasteiger partial charge in [0.25, 0.3) is 5.91 Å². The van der Waals surface area contributed by atoms with E-state index in [0.717, 1.165) is 36.8 Å². The van der Waals surface area contributed by atoms with Crippen molar-refractivity contribution in [1.29, 1.82) is 0 Å². The van der Waals surface area contributed by atoms with Crippen LogP contribution in [0.15, 0.2) is 47.1 Å². The maximum Gasteiger partial charge on any atom is 0.287 e. The van der Waals surface area contributed by atoms with Gasteiger partial charge in [-0.25, -0.2) is 0 Å². The predicted octanol–water partition coefficient (Wildman–Crippen LogP) is 3.23. The molecule has 4 heteroatoms. The molecular weight excluding hydrogens is 278 g/mol. The Balaban J connectivity index is 1.65. The van der Waals surface area contributed by atoms with Gasteiger partial charge < -0.3 is 14.8 Å². The molecule has 0 bridgehead atoms. The maximum absolute atomic E-state index is 12.4. The Morgan fingerprint density at radius 2 is 2.05 bits per heavy atom. The summed E-state index contributed by atoms with van der Waals surface area (Å²) in [5, 5.41) is 12.6. The maximum atomic E-state index is 12.4. The molecule has 2 atom stereocenters. The molecule has 1 fully saturated rings. The van der Waals surface area contributed by atoms with Crippen LogP contribution in [0.25, 0.3) is 11.1 Å². The minimum atomic E-state index is -0.223. The van der Waals surface area contributed by atoms with Crippen LogP contribution >= 0.6 is 0 Å². The minimum absolute atomic E-state index is 0.191. The van der Waals surface area contributed by atoms with Gasteiger partial charge in [-0.15, -0.1) is 0 Å². The number of rotatable bonds is 4. The van der Waals surface area contributed by atoms with Crippen molar-refractivity contribution in [3.63, 3.8) is 0 Å². The molecule has 1 saturated carbocycles. The highest BCUT2D eigenvalue weighted by Gasteiger charge is 2.22. The van der Waals surface area contributed by atoms with E-state index < -0.39 is 0 Å². The molecule has 2 aromatic rings. The number of aliphatic hydroxyl groups excluding tert-OH is 1. The summed E-state index contributed by atoms with van der Waals surface area (Å²) in [4.78, 5) is 12.4. The van der Waals surface area contributed by atoms with E-state index in [1.54, 1.807) is 6.26 Å². The third-order valence-corrected chi connectivity index (χ3v) is 4.26. The lowest BCUT2D eigenvalue weighted by atomic mass is 9.87. The van der Waals surface area contributed by atoms with Gasteiger partial charge in [0, 0.05) is 12.1 Å². The van der Waals surface area contributed by atoms with E-state index in [0.29, 0.717) is 18.2 Å². The summed E-state index contributed by atoms with van der Waals surface area (Å²) in [5.74, 6) is 0.509. The fourth-order valence-corrected chi connectivity index (χ4v) is 3.10. The van der Waals surface area contributed by atoms with Gasteiger partial charge in [0.05, 0.1) is 12.4 Å². The lowest BCUT2D eigenvalue weighted by molar-refractivity contribution is 0.0854. The second-order valence-electron chi connectivity index (χ2n) is 5.93. The molecular formula is C18H21NO3. The van der Waals surface area contributed by atoms with Crippen LogP contribution in [-0.2, 0) is 0 Å². The number of hydrogen-bond donors (Lipinski definition) is 2. The highest BCUT2D eigenvalue weighted by atomic mass is 16.3. The van der Waals surface area contributed by atoms with Gasteiger partial charge in [-0.1, -0.05) is 36.8 Å². The van der Waals surface area contributed by atoms with Crippen LogP contribution in [0.5, 0.6) is 0 Å². The van der Waals surface area contributed by atoms with Gasteiger partial charge in [-0.05, 0) is 36.8 Å². The summed E-state index contributed by atoms with van der Waals surface area (Å²) in [6, 6.07) is 11.5. The van der Waals surface area contributed by atoms with E-state index in [-0.39, 0.29) is 12.0 Å². The van der Waals surface area contributed by atoms with Gasteiger partial charge in [0.2, 0.25) is 0 Å². The Morgan fingerprint density at radius 1 is 1.23 bits per heavy atom. The molecule has 2 N–H and O–H groups in total. The van der Waals surface area contributed by atoms with Crippen molar-refractivity contribution in [2.24, 2.45) is 5.92 Å². The zero-order chi connectivity index (χ0) is 15.4. The molecule has 0 radical (unpaired) electrons. The van der Waals surface area contributed by atoms with Crippen LogP contribution < -0.4 is 5.32 Å². The first-order chi connectivity index (χ1) is 10.7. The third kappa shape index (κ3) is 3.39. The molecule has 1 aliphatic rings. The predicted molar refractivity (Wildman–Crippen MR) is 84.4 cm³/mol. The summed E-state index contributed by atoms with van der Waals surface area (Å²) < 4.78 is 5.38. The van der Waals surface area contributed by atoms with E-state index in [2.05, 4.69) is 5.32 Å². The molecule has 116 valence electrons. The Kier molecular flexibility index (Phi) is 4.59. The van der Waals surface area contributed by atoms with Crippen LogP contribution in [0.2, 0.25) is 0 Å². The molecule has 4 nitrogen and oxygen atoms in total.